The number of amides is 1. The number of rotatable bonds is 2. The van der Waals surface area contributed by atoms with E-state index in [1.165, 1.54) is 0 Å². The molecule has 3 heteroatoms. The van der Waals surface area contributed by atoms with Crippen LogP contribution in [0.15, 0.2) is 71.4 Å². The minimum atomic E-state index is -0.102. The number of hydrogen-bond acceptors (Lipinski definition) is 2. The highest BCUT2D eigenvalue weighted by atomic mass is 16.2. The molecule has 0 fully saturated rings. The van der Waals surface area contributed by atoms with Crippen molar-refractivity contribution in [3.63, 3.8) is 0 Å². The molecule has 2 aromatic carbocycles. The molecule has 92 valence electrons. The van der Waals surface area contributed by atoms with E-state index in [0.29, 0.717) is 5.70 Å². The smallest absolute Gasteiger partial charge is 0.266 e. The number of para-hydroxylation sites is 1. The van der Waals surface area contributed by atoms with E-state index < -0.39 is 0 Å². The van der Waals surface area contributed by atoms with E-state index >= 15 is 0 Å². The number of nitrogens with zero attached hydrogens (tertiary/aromatic N) is 2. The van der Waals surface area contributed by atoms with Gasteiger partial charge < -0.3 is 0 Å². The Labute approximate surface area is 111 Å². The molecule has 1 aliphatic heterocycles. The van der Waals surface area contributed by atoms with Gasteiger partial charge in [0.05, 0.1) is 5.69 Å². The molecule has 0 aliphatic carbocycles. The van der Waals surface area contributed by atoms with Crippen molar-refractivity contribution in [1.29, 1.82) is 0 Å². The van der Waals surface area contributed by atoms with Crippen molar-refractivity contribution < 1.29 is 4.79 Å². The van der Waals surface area contributed by atoms with Crippen LogP contribution in [0.3, 0.4) is 0 Å². The average Bonchev–Trinajstić information content (AvgIpc) is 2.82. The first-order chi connectivity index (χ1) is 9.34. The zero-order chi connectivity index (χ0) is 13.1. The van der Waals surface area contributed by atoms with Gasteiger partial charge in [0.2, 0.25) is 0 Å². The fourth-order valence-electron chi connectivity index (χ4n) is 1.93. The molecule has 2 aromatic rings. The molecule has 0 unspecified atom stereocenters. The van der Waals surface area contributed by atoms with Gasteiger partial charge in [0.25, 0.3) is 5.91 Å². The quantitative estimate of drug-likeness (QED) is 0.752. The predicted octanol–water partition coefficient (Wildman–Crippen LogP) is 3.10. The first kappa shape index (κ1) is 11.4. The summed E-state index contributed by atoms with van der Waals surface area (Å²) in [5.74, 6) is -0.102. The van der Waals surface area contributed by atoms with Crippen molar-refractivity contribution in [2.75, 3.05) is 4.90 Å². The lowest BCUT2D eigenvalue weighted by atomic mass is 10.2. The summed E-state index contributed by atoms with van der Waals surface area (Å²) in [7, 11) is 0. The molecule has 0 spiro atoms. The number of carbonyl (C=O) groups excluding carboxylic acids is 1. The van der Waals surface area contributed by atoms with E-state index in [2.05, 4.69) is 4.99 Å². The molecule has 0 atom stereocenters. The van der Waals surface area contributed by atoms with Crippen LogP contribution in [0.25, 0.3) is 6.08 Å². The Morgan fingerprint density at radius 1 is 0.895 bits per heavy atom. The van der Waals surface area contributed by atoms with Gasteiger partial charge >= 0.3 is 0 Å². The molecule has 0 aromatic heterocycles. The number of anilines is 1. The fourth-order valence-corrected chi connectivity index (χ4v) is 1.93. The van der Waals surface area contributed by atoms with Gasteiger partial charge in [-0.1, -0.05) is 48.5 Å². The highest BCUT2D eigenvalue weighted by Crippen LogP contribution is 2.21. The lowest BCUT2D eigenvalue weighted by Gasteiger charge is -2.11. The molecule has 0 saturated carbocycles. The minimum Gasteiger partial charge on any atom is -0.266 e. The van der Waals surface area contributed by atoms with Gasteiger partial charge in [0.1, 0.15) is 12.0 Å². The third-order valence-corrected chi connectivity index (χ3v) is 2.89. The maximum absolute atomic E-state index is 12.2. The van der Waals surface area contributed by atoms with Crippen LogP contribution in [0.5, 0.6) is 0 Å². The molecular weight excluding hydrogens is 236 g/mol. The summed E-state index contributed by atoms with van der Waals surface area (Å²) in [5, 5.41) is 0. The Morgan fingerprint density at radius 2 is 1.53 bits per heavy atom. The summed E-state index contributed by atoms with van der Waals surface area (Å²) in [6.45, 7) is 0. The third-order valence-electron chi connectivity index (χ3n) is 2.89. The second-order valence-corrected chi connectivity index (χ2v) is 4.20. The van der Waals surface area contributed by atoms with Gasteiger partial charge in [-0.15, -0.1) is 0 Å². The molecule has 3 rings (SSSR count). The maximum Gasteiger partial charge on any atom is 0.282 e. The maximum atomic E-state index is 12.2. The van der Waals surface area contributed by atoms with Crippen molar-refractivity contribution in [2.45, 2.75) is 0 Å². The number of carbonyl (C=O) groups is 1. The molecule has 1 heterocycles. The molecule has 19 heavy (non-hydrogen) atoms. The lowest BCUT2D eigenvalue weighted by molar-refractivity contribution is -0.113. The molecular formula is C16H12N2O. The van der Waals surface area contributed by atoms with Gasteiger partial charge in [-0.25, -0.2) is 4.99 Å². The number of benzene rings is 2. The summed E-state index contributed by atoms with van der Waals surface area (Å²) < 4.78 is 0. The Morgan fingerprint density at radius 3 is 2.21 bits per heavy atom. The van der Waals surface area contributed by atoms with Crippen molar-refractivity contribution >= 4 is 24.0 Å². The van der Waals surface area contributed by atoms with Gasteiger partial charge in [-0.3, -0.25) is 9.69 Å². The van der Waals surface area contributed by atoms with Crippen LogP contribution >= 0.6 is 0 Å². The summed E-state index contributed by atoms with van der Waals surface area (Å²) in [5.41, 5.74) is 2.25. The van der Waals surface area contributed by atoms with E-state index in [-0.39, 0.29) is 5.91 Å². The van der Waals surface area contributed by atoms with Crippen molar-refractivity contribution in [1.82, 2.24) is 0 Å². The second-order valence-electron chi connectivity index (χ2n) is 4.20. The fraction of sp³-hybridized carbons (Fsp3) is 0. The van der Waals surface area contributed by atoms with Crippen molar-refractivity contribution in [3.8, 4) is 0 Å². The van der Waals surface area contributed by atoms with Crippen LogP contribution in [0.1, 0.15) is 5.56 Å². The summed E-state index contributed by atoms with van der Waals surface area (Å²) in [4.78, 5) is 18.0. The summed E-state index contributed by atoms with van der Waals surface area (Å²) in [6.07, 6.45) is 3.36. The topological polar surface area (TPSA) is 32.7 Å². The van der Waals surface area contributed by atoms with Crippen LogP contribution in [-0.4, -0.2) is 12.2 Å². The van der Waals surface area contributed by atoms with E-state index in [0.717, 1.165) is 11.3 Å². The molecule has 0 bridgehead atoms. The molecule has 1 aliphatic rings. The number of hydrogen-bond donors (Lipinski definition) is 0. The monoisotopic (exact) mass is 248 g/mol. The lowest BCUT2D eigenvalue weighted by Crippen LogP contribution is -2.24. The summed E-state index contributed by atoms with van der Waals surface area (Å²) >= 11 is 0. The minimum absolute atomic E-state index is 0.102. The zero-order valence-electron chi connectivity index (χ0n) is 10.2. The molecule has 0 N–H and O–H groups in total. The van der Waals surface area contributed by atoms with Gasteiger partial charge in [-0.2, -0.15) is 0 Å². The zero-order valence-corrected chi connectivity index (χ0v) is 10.2. The third kappa shape index (κ3) is 2.31. The Balaban J connectivity index is 1.88. The Bertz CT molecular complexity index is 645. The average molecular weight is 248 g/mol. The number of aliphatic imine (C=N–C) groups is 1. The highest BCUT2D eigenvalue weighted by Gasteiger charge is 2.23. The van der Waals surface area contributed by atoms with Crippen LogP contribution in [0, 0.1) is 0 Å². The van der Waals surface area contributed by atoms with E-state index in [9.17, 15) is 4.79 Å². The van der Waals surface area contributed by atoms with Crippen LogP contribution < -0.4 is 4.90 Å². The van der Waals surface area contributed by atoms with Crippen LogP contribution in [0.2, 0.25) is 0 Å². The largest absolute Gasteiger partial charge is 0.282 e. The standard InChI is InChI=1S/C16H12N2O/c19-16-15(11-13-7-3-1-4-8-13)17-12-18(16)14-9-5-2-6-10-14/h1-12H/b15-11-. The normalized spacial score (nSPS) is 16.3. The summed E-state index contributed by atoms with van der Waals surface area (Å²) in [6, 6.07) is 19.2. The second kappa shape index (κ2) is 4.90. The van der Waals surface area contributed by atoms with Crippen LogP contribution in [0.4, 0.5) is 5.69 Å². The Kier molecular flexibility index (Phi) is 2.94. The van der Waals surface area contributed by atoms with E-state index in [4.69, 9.17) is 0 Å². The van der Waals surface area contributed by atoms with Crippen molar-refractivity contribution in [2.24, 2.45) is 4.99 Å². The molecule has 0 saturated heterocycles. The van der Waals surface area contributed by atoms with Gasteiger partial charge in [-0.05, 0) is 23.8 Å². The van der Waals surface area contributed by atoms with Gasteiger partial charge in [0.15, 0.2) is 0 Å². The van der Waals surface area contributed by atoms with Gasteiger partial charge in [0, 0.05) is 0 Å². The molecule has 1 amide bonds. The van der Waals surface area contributed by atoms with Crippen LogP contribution in [-0.2, 0) is 4.79 Å². The first-order valence-electron chi connectivity index (χ1n) is 6.04. The highest BCUT2D eigenvalue weighted by molar-refractivity contribution is 6.22. The molecule has 0 radical (unpaired) electrons. The van der Waals surface area contributed by atoms with Crippen molar-refractivity contribution in [3.05, 3.63) is 71.9 Å². The Hall–Kier alpha value is -2.68. The molecule has 3 nitrogen and oxygen atoms in total. The van der Waals surface area contributed by atoms with E-state index in [1.54, 1.807) is 17.3 Å². The first-order valence-corrected chi connectivity index (χ1v) is 6.04. The van der Waals surface area contributed by atoms with E-state index in [1.807, 2.05) is 60.7 Å². The SMILES string of the molecule is O=C1/C(=C/c2ccccc2)N=CN1c1ccccc1. The predicted molar refractivity (Wildman–Crippen MR) is 76.8 cm³/mol.